The largest absolute Gasteiger partial charge is 0.490 e. The quantitative estimate of drug-likeness (QED) is 0.287. The zero-order valence-corrected chi connectivity index (χ0v) is 29.6. The van der Waals surface area contributed by atoms with Gasteiger partial charge in [0.15, 0.2) is 11.5 Å². The van der Waals surface area contributed by atoms with Crippen molar-refractivity contribution in [3.05, 3.63) is 72.3 Å². The Bertz CT molecular complexity index is 1740. The molecule has 13 nitrogen and oxygen atoms in total. The first kappa shape index (κ1) is 36.9. The van der Waals surface area contributed by atoms with E-state index in [1.54, 1.807) is 78.6 Å². The minimum Gasteiger partial charge on any atom is -0.490 e. The van der Waals surface area contributed by atoms with Crippen molar-refractivity contribution in [3.63, 3.8) is 0 Å². The van der Waals surface area contributed by atoms with Crippen molar-refractivity contribution in [3.8, 4) is 17.2 Å². The molecule has 0 radical (unpaired) electrons. The van der Waals surface area contributed by atoms with Gasteiger partial charge in [-0.2, -0.15) is 4.31 Å². The van der Waals surface area contributed by atoms with E-state index in [0.717, 1.165) is 12.8 Å². The number of hydrogen-bond acceptors (Lipinski definition) is 9. The summed E-state index contributed by atoms with van der Waals surface area (Å²) in [6.07, 6.45) is 1.42. The van der Waals surface area contributed by atoms with E-state index in [0.29, 0.717) is 41.7 Å². The van der Waals surface area contributed by atoms with Crippen molar-refractivity contribution in [1.82, 2.24) is 9.21 Å². The second-order valence-electron chi connectivity index (χ2n) is 12.8. The highest BCUT2D eigenvalue weighted by Gasteiger charge is 2.32. The number of aliphatic hydroxyl groups excluding tert-OH is 1. The molecule has 3 N–H and O–H groups in total. The number of urea groups is 1. The van der Waals surface area contributed by atoms with Crippen LogP contribution >= 0.6 is 0 Å². The number of aliphatic hydroxyl groups is 1. The Balaban J connectivity index is 1.39. The Kier molecular flexibility index (Phi) is 12.2. The fourth-order valence-electron chi connectivity index (χ4n) is 5.85. The lowest BCUT2D eigenvalue weighted by atomic mass is 10.0. The zero-order valence-electron chi connectivity index (χ0n) is 28.8. The lowest BCUT2D eigenvalue weighted by molar-refractivity contribution is -0.00833. The maximum atomic E-state index is 14.4. The smallest absolute Gasteiger partial charge is 0.323 e. The summed E-state index contributed by atoms with van der Waals surface area (Å²) < 4.78 is 51.4. The lowest BCUT2D eigenvalue weighted by Crippen LogP contribution is -2.48. The number of rotatable bonds is 8. The number of nitrogens with zero attached hydrogens (tertiary/aromatic N) is 2. The Morgan fingerprint density at radius 3 is 2.38 bits per heavy atom. The Morgan fingerprint density at radius 1 is 0.980 bits per heavy atom. The van der Waals surface area contributed by atoms with Gasteiger partial charge >= 0.3 is 6.03 Å². The predicted molar refractivity (Wildman–Crippen MR) is 188 cm³/mol. The molecular formula is C36H46N4O9S. The van der Waals surface area contributed by atoms with Gasteiger partial charge in [-0.1, -0.05) is 25.1 Å². The van der Waals surface area contributed by atoms with Crippen molar-refractivity contribution in [1.29, 1.82) is 0 Å². The molecule has 2 aliphatic heterocycles. The molecule has 0 bridgehead atoms. The van der Waals surface area contributed by atoms with Gasteiger partial charge in [-0.3, -0.25) is 4.79 Å². The van der Waals surface area contributed by atoms with E-state index in [9.17, 15) is 23.1 Å². The Labute approximate surface area is 293 Å². The van der Waals surface area contributed by atoms with Crippen LogP contribution in [0.15, 0.2) is 71.6 Å². The van der Waals surface area contributed by atoms with Crippen molar-refractivity contribution >= 4 is 33.3 Å². The zero-order chi connectivity index (χ0) is 35.8. The molecule has 5 rings (SSSR count). The number of anilines is 2. The molecule has 3 aromatic carbocycles. The van der Waals surface area contributed by atoms with Gasteiger partial charge in [0.1, 0.15) is 5.75 Å². The fraction of sp³-hybridized carbons (Fsp3) is 0.444. The van der Waals surface area contributed by atoms with Crippen molar-refractivity contribution in [2.75, 3.05) is 50.8 Å². The molecule has 0 saturated heterocycles. The van der Waals surface area contributed by atoms with Gasteiger partial charge in [-0.15, -0.1) is 0 Å². The average Bonchev–Trinajstić information content (AvgIpc) is 3.57. The number of ether oxygens (including phenoxy) is 4. The number of benzene rings is 3. The van der Waals surface area contributed by atoms with E-state index in [4.69, 9.17) is 18.9 Å². The van der Waals surface area contributed by atoms with E-state index in [1.807, 2.05) is 13.8 Å². The second kappa shape index (κ2) is 16.6. The van der Waals surface area contributed by atoms with Gasteiger partial charge in [0.05, 0.1) is 35.3 Å². The van der Waals surface area contributed by atoms with Crippen LogP contribution in [0.3, 0.4) is 0 Å². The van der Waals surface area contributed by atoms with Crippen molar-refractivity contribution in [2.24, 2.45) is 5.92 Å². The van der Waals surface area contributed by atoms with Crippen LogP contribution in [-0.2, 0) is 14.8 Å². The molecule has 0 aliphatic carbocycles. The number of carbonyl (C=O) groups is 2. The molecule has 50 heavy (non-hydrogen) atoms. The third-order valence-corrected chi connectivity index (χ3v) is 10.7. The molecule has 0 spiro atoms. The summed E-state index contributed by atoms with van der Waals surface area (Å²) in [7, 11) is -2.26. The number of hydrogen-bond donors (Lipinski definition) is 3. The Hall–Kier alpha value is -4.37. The summed E-state index contributed by atoms with van der Waals surface area (Å²) in [5.74, 6) is 0.719. The van der Waals surface area contributed by atoms with Crippen LogP contribution in [0.1, 0.15) is 50.4 Å². The van der Waals surface area contributed by atoms with E-state index in [-0.39, 0.29) is 49.0 Å². The second-order valence-corrected chi connectivity index (χ2v) is 14.8. The van der Waals surface area contributed by atoms with Crippen LogP contribution in [0.25, 0.3) is 0 Å². The average molecular weight is 711 g/mol. The lowest BCUT2D eigenvalue weighted by Gasteiger charge is -2.35. The van der Waals surface area contributed by atoms with Crippen molar-refractivity contribution < 1.29 is 42.1 Å². The molecular weight excluding hydrogens is 664 g/mol. The number of fused-ring (bicyclic) bond motifs is 2. The highest BCUT2D eigenvalue weighted by molar-refractivity contribution is 7.89. The Morgan fingerprint density at radius 2 is 1.66 bits per heavy atom. The van der Waals surface area contributed by atoms with Crippen LogP contribution in [0.4, 0.5) is 16.2 Å². The van der Waals surface area contributed by atoms with Crippen LogP contribution < -0.4 is 24.8 Å². The fourth-order valence-corrected chi connectivity index (χ4v) is 7.06. The van der Waals surface area contributed by atoms with Gasteiger partial charge in [0, 0.05) is 50.1 Å². The highest BCUT2D eigenvalue weighted by Crippen LogP contribution is 2.34. The number of sulfonamides is 1. The molecule has 4 atom stereocenters. The standard InChI is InChI=1S/C36H46N4O9S/c1-24-20-40(25(2)22-41)35(42)30-18-27(37-36(43)38-28-14-16-32-33(19-28)48-23-47-32)13-15-31(30)49-26(3)10-8-9-17-46-34(24)21-39(4)50(44,45)29-11-6-5-7-12-29/h5-7,11-16,18-19,24-26,34,41H,8-10,17,20-23H2,1-4H3,(H2,37,38,43)/t24-,25-,26+,34+/m1/s1. The molecule has 2 aliphatic rings. The highest BCUT2D eigenvalue weighted by atomic mass is 32.2. The molecule has 0 saturated carbocycles. The minimum atomic E-state index is -3.79. The molecule has 14 heteroatoms. The van der Waals surface area contributed by atoms with Gasteiger partial charge in [0.25, 0.3) is 5.91 Å². The summed E-state index contributed by atoms with van der Waals surface area (Å²) in [6, 6.07) is 17.0. The van der Waals surface area contributed by atoms with Gasteiger partial charge in [-0.25, -0.2) is 13.2 Å². The first-order valence-electron chi connectivity index (χ1n) is 16.8. The number of likely N-dealkylation sites (N-methyl/N-ethyl adjacent to an activating group) is 1. The van der Waals surface area contributed by atoms with Crippen LogP contribution in [0.2, 0.25) is 0 Å². The summed E-state index contributed by atoms with van der Waals surface area (Å²) >= 11 is 0. The number of nitrogens with one attached hydrogen (secondary N) is 2. The predicted octanol–water partition coefficient (Wildman–Crippen LogP) is 5.18. The number of amides is 3. The monoisotopic (exact) mass is 710 g/mol. The van der Waals surface area contributed by atoms with E-state index in [2.05, 4.69) is 10.6 Å². The topological polar surface area (TPSA) is 156 Å². The summed E-state index contributed by atoms with van der Waals surface area (Å²) in [4.78, 5) is 29.1. The minimum absolute atomic E-state index is 0.0661. The summed E-state index contributed by atoms with van der Waals surface area (Å²) in [6.45, 7) is 5.99. The molecule has 270 valence electrons. The third kappa shape index (κ3) is 9.04. The maximum Gasteiger partial charge on any atom is 0.323 e. The molecule has 2 heterocycles. The molecule has 0 aromatic heterocycles. The van der Waals surface area contributed by atoms with E-state index in [1.165, 1.54) is 11.4 Å². The van der Waals surface area contributed by atoms with Crippen molar-refractivity contribution in [2.45, 2.75) is 63.2 Å². The van der Waals surface area contributed by atoms with Gasteiger partial charge in [0.2, 0.25) is 16.8 Å². The van der Waals surface area contributed by atoms with Crippen LogP contribution in [0.5, 0.6) is 17.2 Å². The first-order chi connectivity index (χ1) is 24.0. The molecule has 3 amide bonds. The van der Waals surface area contributed by atoms with Gasteiger partial charge in [-0.05, 0) is 75.6 Å². The third-order valence-electron chi connectivity index (χ3n) is 8.83. The van der Waals surface area contributed by atoms with E-state index < -0.39 is 34.1 Å². The molecule has 0 unspecified atom stereocenters. The van der Waals surface area contributed by atoms with Crippen LogP contribution in [0, 0.1) is 5.92 Å². The SMILES string of the molecule is C[C@@H]1CN([C@H](C)CO)C(=O)c2cc(NC(=O)Nc3ccc4c(c3)OCO4)ccc2O[C@@H](C)CCCCO[C@H]1CN(C)S(=O)(=O)c1ccccc1. The van der Waals surface area contributed by atoms with E-state index >= 15 is 0 Å². The normalized spacial score (nSPS) is 20.7. The summed E-state index contributed by atoms with van der Waals surface area (Å²) in [5, 5.41) is 15.8. The number of carbonyl (C=O) groups excluding carboxylic acids is 2. The van der Waals surface area contributed by atoms with Gasteiger partial charge < -0.3 is 39.6 Å². The maximum absolute atomic E-state index is 14.4. The summed E-state index contributed by atoms with van der Waals surface area (Å²) in [5.41, 5.74) is 1.06. The first-order valence-corrected chi connectivity index (χ1v) is 18.2. The molecule has 3 aromatic rings. The van der Waals surface area contributed by atoms with Crippen LogP contribution in [-0.4, -0.2) is 93.1 Å². The molecule has 0 fully saturated rings.